The number of benzene rings is 2. The van der Waals surface area contributed by atoms with E-state index in [1.54, 1.807) is 12.4 Å². The van der Waals surface area contributed by atoms with E-state index < -0.39 is 5.97 Å². The maximum absolute atomic E-state index is 13.7. The van der Waals surface area contributed by atoms with E-state index in [4.69, 9.17) is 9.84 Å². The molecule has 1 aromatic heterocycles. The predicted molar refractivity (Wildman–Crippen MR) is 140 cm³/mol. The molecule has 36 heavy (non-hydrogen) atoms. The molecule has 0 unspecified atom stereocenters. The van der Waals surface area contributed by atoms with Crippen molar-refractivity contribution in [3.8, 4) is 16.9 Å². The molecule has 0 saturated heterocycles. The van der Waals surface area contributed by atoms with Crippen LogP contribution >= 0.6 is 0 Å². The minimum absolute atomic E-state index is 0.0478. The smallest absolute Gasteiger partial charge is 0.303 e. The first-order valence-electron chi connectivity index (χ1n) is 12.9. The molecule has 1 saturated carbocycles. The maximum Gasteiger partial charge on any atom is 0.303 e. The molecule has 0 bridgehead atoms. The number of amides is 1. The van der Waals surface area contributed by atoms with E-state index in [9.17, 15) is 9.59 Å². The molecule has 0 radical (unpaired) electrons. The molecule has 0 spiro atoms. The number of para-hydroxylation sites is 1. The lowest BCUT2D eigenvalue weighted by atomic mass is 10.0. The van der Waals surface area contributed by atoms with Gasteiger partial charge in [0.05, 0.1) is 6.61 Å². The third-order valence-corrected chi connectivity index (χ3v) is 6.78. The fourth-order valence-corrected chi connectivity index (χ4v) is 4.79. The Labute approximate surface area is 212 Å². The van der Waals surface area contributed by atoms with E-state index in [-0.39, 0.29) is 18.4 Å². The molecule has 0 atom stereocenters. The van der Waals surface area contributed by atoms with Gasteiger partial charge < -0.3 is 14.7 Å². The Bertz CT molecular complexity index is 1130. The zero-order chi connectivity index (χ0) is 25.2. The van der Waals surface area contributed by atoms with Crippen molar-refractivity contribution in [3.63, 3.8) is 0 Å². The summed E-state index contributed by atoms with van der Waals surface area (Å²) in [6.45, 7) is 1.04. The van der Waals surface area contributed by atoms with Gasteiger partial charge in [-0.2, -0.15) is 0 Å². The lowest BCUT2D eigenvalue weighted by Gasteiger charge is -2.30. The summed E-state index contributed by atoms with van der Waals surface area (Å²) in [6, 6.07) is 19.9. The Morgan fingerprint density at radius 1 is 0.889 bits per heavy atom. The van der Waals surface area contributed by atoms with Gasteiger partial charge in [0.15, 0.2) is 0 Å². The number of aliphatic carboxylic acids is 1. The third kappa shape index (κ3) is 6.94. The Morgan fingerprint density at radius 3 is 2.31 bits per heavy atom. The van der Waals surface area contributed by atoms with E-state index in [2.05, 4.69) is 4.98 Å². The van der Waals surface area contributed by atoms with Crippen LogP contribution in [0.1, 0.15) is 67.3 Å². The van der Waals surface area contributed by atoms with Crippen LogP contribution < -0.4 is 4.74 Å². The summed E-state index contributed by atoms with van der Waals surface area (Å²) in [5, 5.41) is 8.79. The first-order chi connectivity index (χ1) is 17.6. The second-order valence-corrected chi connectivity index (χ2v) is 9.35. The minimum Gasteiger partial charge on any atom is -0.493 e. The van der Waals surface area contributed by atoms with Crippen molar-refractivity contribution in [2.75, 3.05) is 6.61 Å². The molecule has 1 amide bonds. The van der Waals surface area contributed by atoms with Gasteiger partial charge >= 0.3 is 5.97 Å². The summed E-state index contributed by atoms with van der Waals surface area (Å²) in [5.41, 5.74) is 3.82. The van der Waals surface area contributed by atoms with Crippen molar-refractivity contribution in [1.29, 1.82) is 0 Å². The van der Waals surface area contributed by atoms with Crippen LogP contribution in [0.25, 0.3) is 11.1 Å². The second-order valence-electron chi connectivity index (χ2n) is 9.35. The third-order valence-electron chi connectivity index (χ3n) is 6.78. The molecule has 3 aromatic rings. The number of hydrogen-bond donors (Lipinski definition) is 1. The van der Waals surface area contributed by atoms with Crippen molar-refractivity contribution in [1.82, 2.24) is 9.88 Å². The van der Waals surface area contributed by atoms with Gasteiger partial charge in [0.25, 0.3) is 5.91 Å². The van der Waals surface area contributed by atoms with E-state index in [0.29, 0.717) is 25.1 Å². The Kier molecular flexibility index (Phi) is 9.09. The lowest BCUT2D eigenvalue weighted by Crippen LogP contribution is -2.38. The monoisotopic (exact) mass is 486 g/mol. The summed E-state index contributed by atoms with van der Waals surface area (Å²) < 4.78 is 6.07. The highest BCUT2D eigenvalue weighted by Crippen LogP contribution is 2.29. The van der Waals surface area contributed by atoms with Crippen molar-refractivity contribution < 1.29 is 19.4 Å². The fraction of sp³-hybridized carbons (Fsp3) is 0.367. The first kappa shape index (κ1) is 25.4. The Hall–Kier alpha value is -3.67. The van der Waals surface area contributed by atoms with Gasteiger partial charge in [0.2, 0.25) is 0 Å². The van der Waals surface area contributed by atoms with Crippen LogP contribution in [0.2, 0.25) is 0 Å². The van der Waals surface area contributed by atoms with Crippen LogP contribution in [0, 0.1) is 0 Å². The van der Waals surface area contributed by atoms with Crippen molar-refractivity contribution in [3.05, 3.63) is 84.2 Å². The van der Waals surface area contributed by atoms with E-state index >= 15 is 0 Å². The first-order valence-corrected chi connectivity index (χ1v) is 12.9. The summed E-state index contributed by atoms with van der Waals surface area (Å²) in [5.74, 6) is 0.0798. The van der Waals surface area contributed by atoms with Crippen LogP contribution in [0.4, 0.5) is 0 Å². The zero-order valence-electron chi connectivity index (χ0n) is 20.6. The average Bonchev–Trinajstić information content (AvgIpc) is 3.45. The van der Waals surface area contributed by atoms with E-state index in [1.165, 1.54) is 0 Å². The van der Waals surface area contributed by atoms with Gasteiger partial charge in [-0.3, -0.25) is 14.6 Å². The Morgan fingerprint density at radius 2 is 1.58 bits per heavy atom. The zero-order valence-corrected chi connectivity index (χ0v) is 20.6. The number of nitrogens with zero attached hydrogens (tertiary/aromatic N) is 2. The molecule has 1 heterocycles. The van der Waals surface area contributed by atoms with Crippen LogP contribution in [0.3, 0.4) is 0 Å². The molecule has 1 aliphatic carbocycles. The van der Waals surface area contributed by atoms with Gasteiger partial charge in [-0.1, -0.05) is 43.2 Å². The van der Waals surface area contributed by atoms with Crippen molar-refractivity contribution in [2.45, 2.75) is 64.0 Å². The largest absolute Gasteiger partial charge is 0.493 e. The number of aromatic nitrogens is 1. The lowest BCUT2D eigenvalue weighted by molar-refractivity contribution is -0.137. The SMILES string of the molecule is O=C(O)CCCCCOc1ccccc1CN(C(=O)c1ccc(-c2ccncc2)cc1)C1CCCC1. The molecule has 2 aromatic carbocycles. The van der Waals surface area contributed by atoms with Crippen LogP contribution in [0.15, 0.2) is 73.1 Å². The number of hydrogen-bond acceptors (Lipinski definition) is 4. The number of carbonyl (C=O) groups is 2. The number of carboxylic acid groups (broad SMARTS) is 1. The molecule has 188 valence electrons. The maximum atomic E-state index is 13.7. The van der Waals surface area contributed by atoms with Crippen LogP contribution in [-0.4, -0.2) is 39.5 Å². The molecular weight excluding hydrogens is 452 g/mol. The molecule has 1 N–H and O–H groups in total. The normalized spacial score (nSPS) is 13.4. The van der Waals surface area contributed by atoms with Crippen molar-refractivity contribution >= 4 is 11.9 Å². The quantitative estimate of drug-likeness (QED) is 0.302. The minimum atomic E-state index is -0.759. The molecule has 1 aliphatic rings. The summed E-state index contributed by atoms with van der Waals surface area (Å²) in [6.07, 6.45) is 10.3. The van der Waals surface area contributed by atoms with Gasteiger partial charge in [-0.25, -0.2) is 0 Å². The molecule has 1 fully saturated rings. The highest BCUT2D eigenvalue weighted by atomic mass is 16.5. The van der Waals surface area contributed by atoms with Gasteiger partial charge in [-0.05, 0) is 73.6 Å². The molecule has 0 aliphatic heterocycles. The van der Waals surface area contributed by atoms with Gasteiger partial charge in [-0.15, -0.1) is 0 Å². The van der Waals surface area contributed by atoms with E-state index in [1.807, 2.05) is 65.6 Å². The summed E-state index contributed by atoms with van der Waals surface area (Å²) in [4.78, 5) is 30.5. The number of carboxylic acids is 1. The fourth-order valence-electron chi connectivity index (χ4n) is 4.79. The summed E-state index contributed by atoms with van der Waals surface area (Å²) >= 11 is 0. The molecule has 4 rings (SSSR count). The van der Waals surface area contributed by atoms with Gasteiger partial charge in [0.1, 0.15) is 5.75 Å². The standard InChI is InChI=1S/C30H34N2O4/c33-29(34)12-2-1-7-21-36-28-11-6-3-8-26(28)22-32(27-9-4-5-10-27)30(35)25-15-13-23(14-16-25)24-17-19-31-20-18-24/h3,6,8,11,13-20,27H,1-2,4-5,7,9-10,12,21-22H2,(H,33,34). The van der Waals surface area contributed by atoms with Crippen LogP contribution in [-0.2, 0) is 11.3 Å². The number of unbranched alkanes of at least 4 members (excludes halogenated alkanes) is 2. The number of rotatable bonds is 12. The highest BCUT2D eigenvalue weighted by molar-refractivity contribution is 5.95. The Balaban J connectivity index is 1.45. The predicted octanol–water partition coefficient (Wildman–Crippen LogP) is 6.36. The highest BCUT2D eigenvalue weighted by Gasteiger charge is 2.28. The number of carbonyl (C=O) groups excluding carboxylic acids is 1. The average molecular weight is 487 g/mol. The number of pyridine rings is 1. The topological polar surface area (TPSA) is 79.7 Å². The summed E-state index contributed by atoms with van der Waals surface area (Å²) in [7, 11) is 0. The molecular formula is C30H34N2O4. The molecule has 6 nitrogen and oxygen atoms in total. The van der Waals surface area contributed by atoms with Crippen LogP contribution in [0.5, 0.6) is 5.75 Å². The second kappa shape index (κ2) is 12.9. The number of ether oxygens (including phenoxy) is 1. The van der Waals surface area contributed by atoms with E-state index in [0.717, 1.165) is 61.0 Å². The molecule has 6 heteroatoms. The van der Waals surface area contributed by atoms with Gasteiger partial charge in [0, 0.05) is 42.5 Å². The van der Waals surface area contributed by atoms with Crippen molar-refractivity contribution in [2.24, 2.45) is 0 Å².